The number of carbonyl (C=O) groups excluding carboxylic acids is 1. The molecular weight excluding hydrogens is 306 g/mol. The maximum Gasteiger partial charge on any atom is 0.256 e. The number of hydrogen-bond acceptors (Lipinski definition) is 4. The predicted octanol–water partition coefficient (Wildman–Crippen LogP) is 1.71. The van der Waals surface area contributed by atoms with E-state index in [1.807, 2.05) is 47.6 Å². The Bertz CT molecular complexity index is 710. The average molecular weight is 329 g/mol. The molecule has 1 saturated heterocycles. The number of aliphatic hydroxyl groups is 1. The highest BCUT2D eigenvalue weighted by Gasteiger charge is 2.30. The van der Waals surface area contributed by atoms with E-state index >= 15 is 0 Å². The van der Waals surface area contributed by atoms with E-state index in [1.165, 1.54) is 0 Å². The van der Waals surface area contributed by atoms with Crippen LogP contribution >= 0.6 is 0 Å². The van der Waals surface area contributed by atoms with Crippen LogP contribution in [0.5, 0.6) is 0 Å². The molecule has 128 valence electrons. The maximum atomic E-state index is 13.1. The Kier molecular flexibility index (Phi) is 4.97. The van der Waals surface area contributed by atoms with Crippen LogP contribution in [0.3, 0.4) is 0 Å². The summed E-state index contributed by atoms with van der Waals surface area (Å²) in [7, 11) is 0. The second-order valence-electron chi connectivity index (χ2n) is 6.05. The molecule has 1 aliphatic heterocycles. The molecule has 3 heterocycles. The minimum atomic E-state index is -0.0749. The van der Waals surface area contributed by atoms with E-state index in [-0.39, 0.29) is 18.6 Å². The highest BCUT2D eigenvalue weighted by Crippen LogP contribution is 2.23. The van der Waals surface area contributed by atoms with Crippen LogP contribution in [0.15, 0.2) is 30.5 Å². The van der Waals surface area contributed by atoms with E-state index < -0.39 is 0 Å². The number of morpholine rings is 1. The van der Waals surface area contributed by atoms with Crippen molar-refractivity contribution >= 4 is 5.91 Å². The molecule has 0 unspecified atom stereocenters. The van der Waals surface area contributed by atoms with Gasteiger partial charge in [-0.3, -0.25) is 4.79 Å². The molecule has 1 fully saturated rings. The van der Waals surface area contributed by atoms with E-state index in [2.05, 4.69) is 4.98 Å². The molecule has 1 amide bonds. The molecule has 0 bridgehead atoms. The van der Waals surface area contributed by atoms with E-state index in [4.69, 9.17) is 4.74 Å². The Balaban J connectivity index is 1.93. The summed E-state index contributed by atoms with van der Waals surface area (Å²) in [5.41, 5.74) is 2.54. The number of rotatable bonds is 4. The number of aryl methyl sites for hydroxylation is 1. The molecule has 24 heavy (non-hydrogen) atoms. The van der Waals surface area contributed by atoms with Gasteiger partial charge in [-0.05, 0) is 38.5 Å². The zero-order valence-electron chi connectivity index (χ0n) is 14.1. The third kappa shape index (κ3) is 3.07. The molecule has 0 aromatic carbocycles. The second kappa shape index (κ2) is 7.15. The van der Waals surface area contributed by atoms with Crippen molar-refractivity contribution < 1.29 is 14.6 Å². The van der Waals surface area contributed by atoms with Crippen LogP contribution in [0.2, 0.25) is 0 Å². The van der Waals surface area contributed by atoms with Crippen molar-refractivity contribution in [3.63, 3.8) is 0 Å². The minimum Gasteiger partial charge on any atom is -0.396 e. The topological polar surface area (TPSA) is 67.6 Å². The fourth-order valence-corrected chi connectivity index (χ4v) is 3.28. The zero-order chi connectivity index (χ0) is 17.1. The first-order valence-corrected chi connectivity index (χ1v) is 8.23. The van der Waals surface area contributed by atoms with Gasteiger partial charge in [-0.2, -0.15) is 0 Å². The van der Waals surface area contributed by atoms with Crippen molar-refractivity contribution in [1.82, 2.24) is 14.5 Å². The monoisotopic (exact) mass is 329 g/mol. The van der Waals surface area contributed by atoms with E-state index in [1.54, 1.807) is 6.20 Å². The van der Waals surface area contributed by atoms with Gasteiger partial charge in [0, 0.05) is 30.7 Å². The molecule has 0 saturated carbocycles. The van der Waals surface area contributed by atoms with Crippen molar-refractivity contribution in [1.29, 1.82) is 0 Å². The number of aliphatic hydroxyl groups excluding tert-OH is 1. The van der Waals surface area contributed by atoms with Crippen LogP contribution in [0.4, 0.5) is 0 Å². The van der Waals surface area contributed by atoms with Gasteiger partial charge in [0.15, 0.2) is 0 Å². The largest absolute Gasteiger partial charge is 0.396 e. The number of amides is 1. The van der Waals surface area contributed by atoms with Crippen LogP contribution in [0.1, 0.15) is 28.2 Å². The standard InChI is InChI=1S/C18H23N3O3/c1-13-11-16(14(2)21(13)17-5-3-4-7-19-17)18(23)20-8-10-24-12-15(20)6-9-22/h3-5,7,11,15,22H,6,8-10,12H2,1-2H3/t15-/m1/s1. The lowest BCUT2D eigenvalue weighted by molar-refractivity contribution is -0.00833. The number of nitrogens with zero attached hydrogens (tertiary/aromatic N) is 3. The predicted molar refractivity (Wildman–Crippen MR) is 90.4 cm³/mol. The maximum absolute atomic E-state index is 13.1. The summed E-state index contributed by atoms with van der Waals surface area (Å²) in [5.74, 6) is 0.799. The Hall–Kier alpha value is -2.18. The van der Waals surface area contributed by atoms with Gasteiger partial charge < -0.3 is 19.3 Å². The number of aromatic nitrogens is 2. The molecule has 1 aliphatic rings. The Morgan fingerprint density at radius 2 is 2.25 bits per heavy atom. The lowest BCUT2D eigenvalue weighted by Gasteiger charge is -2.35. The first-order chi connectivity index (χ1) is 11.6. The summed E-state index contributed by atoms with van der Waals surface area (Å²) in [6.45, 7) is 5.53. The van der Waals surface area contributed by atoms with Gasteiger partial charge in [-0.1, -0.05) is 6.07 Å². The molecule has 2 aromatic rings. The van der Waals surface area contributed by atoms with Gasteiger partial charge in [0.05, 0.1) is 24.8 Å². The lowest BCUT2D eigenvalue weighted by Crippen LogP contribution is -2.49. The van der Waals surface area contributed by atoms with Crippen LogP contribution in [-0.2, 0) is 4.74 Å². The molecule has 0 spiro atoms. The van der Waals surface area contributed by atoms with Crippen molar-refractivity contribution in [3.8, 4) is 5.82 Å². The van der Waals surface area contributed by atoms with E-state index in [0.717, 1.165) is 17.2 Å². The smallest absolute Gasteiger partial charge is 0.256 e. The van der Waals surface area contributed by atoms with Gasteiger partial charge in [-0.15, -0.1) is 0 Å². The van der Waals surface area contributed by atoms with Crippen LogP contribution in [0.25, 0.3) is 5.82 Å². The van der Waals surface area contributed by atoms with Gasteiger partial charge in [0.25, 0.3) is 5.91 Å². The Morgan fingerprint density at radius 1 is 1.42 bits per heavy atom. The molecule has 6 heteroatoms. The van der Waals surface area contributed by atoms with Gasteiger partial charge in [-0.25, -0.2) is 4.98 Å². The summed E-state index contributed by atoms with van der Waals surface area (Å²) in [4.78, 5) is 19.3. The zero-order valence-corrected chi connectivity index (χ0v) is 14.1. The lowest BCUT2D eigenvalue weighted by atomic mass is 10.1. The molecule has 3 rings (SSSR count). The summed E-state index contributed by atoms with van der Waals surface area (Å²) >= 11 is 0. The number of ether oxygens (including phenoxy) is 1. The molecule has 0 aliphatic carbocycles. The molecule has 1 N–H and O–H groups in total. The van der Waals surface area contributed by atoms with Crippen molar-refractivity contribution in [2.75, 3.05) is 26.4 Å². The first-order valence-electron chi connectivity index (χ1n) is 8.23. The highest BCUT2D eigenvalue weighted by molar-refractivity contribution is 5.96. The fourth-order valence-electron chi connectivity index (χ4n) is 3.28. The molecule has 0 radical (unpaired) electrons. The quantitative estimate of drug-likeness (QED) is 0.927. The third-order valence-corrected chi connectivity index (χ3v) is 4.49. The van der Waals surface area contributed by atoms with Gasteiger partial charge in [0.2, 0.25) is 0 Å². The second-order valence-corrected chi connectivity index (χ2v) is 6.05. The number of pyridine rings is 1. The Morgan fingerprint density at radius 3 is 2.96 bits per heavy atom. The average Bonchev–Trinajstić information content (AvgIpc) is 2.90. The summed E-state index contributed by atoms with van der Waals surface area (Å²) in [6.07, 6.45) is 2.28. The minimum absolute atomic E-state index is 0.00738. The third-order valence-electron chi connectivity index (χ3n) is 4.49. The highest BCUT2D eigenvalue weighted by atomic mass is 16.5. The van der Waals surface area contributed by atoms with Crippen LogP contribution in [-0.4, -0.2) is 57.9 Å². The van der Waals surface area contributed by atoms with Crippen molar-refractivity contribution in [2.45, 2.75) is 26.3 Å². The van der Waals surface area contributed by atoms with Crippen molar-refractivity contribution in [3.05, 3.63) is 47.4 Å². The summed E-state index contributed by atoms with van der Waals surface area (Å²) in [5, 5.41) is 9.23. The van der Waals surface area contributed by atoms with Crippen LogP contribution < -0.4 is 0 Å². The van der Waals surface area contributed by atoms with Gasteiger partial charge in [0.1, 0.15) is 5.82 Å². The molecule has 2 aromatic heterocycles. The van der Waals surface area contributed by atoms with Crippen molar-refractivity contribution in [2.24, 2.45) is 0 Å². The van der Waals surface area contributed by atoms with E-state index in [9.17, 15) is 9.90 Å². The summed E-state index contributed by atoms with van der Waals surface area (Å²) in [6, 6.07) is 7.57. The van der Waals surface area contributed by atoms with Gasteiger partial charge >= 0.3 is 0 Å². The molecular formula is C18H23N3O3. The molecule has 6 nitrogen and oxygen atoms in total. The number of carbonyl (C=O) groups is 1. The Labute approximate surface area is 141 Å². The molecule has 1 atom stereocenters. The normalized spacial score (nSPS) is 18.0. The SMILES string of the molecule is Cc1cc(C(=O)N2CCOC[C@H]2CCO)c(C)n1-c1ccccn1. The number of hydrogen-bond donors (Lipinski definition) is 1. The van der Waals surface area contributed by atoms with E-state index in [0.29, 0.717) is 31.7 Å². The fraction of sp³-hybridized carbons (Fsp3) is 0.444. The summed E-state index contributed by atoms with van der Waals surface area (Å²) < 4.78 is 7.45. The van der Waals surface area contributed by atoms with Crippen LogP contribution in [0, 0.1) is 13.8 Å². The first kappa shape index (κ1) is 16.7.